The SMILES string of the molecule is O=C(OC(C(F)(F)F)C(F)(F)F)N1CC2CN(Cc3ccc(C(=O)N4CCOCC4)c(OC(F)(F)F)c3)CC2C1. The van der Waals surface area contributed by atoms with Crippen molar-refractivity contribution in [3.8, 4) is 5.75 Å². The zero-order chi connectivity index (χ0) is 29.5. The third-order valence-corrected chi connectivity index (χ3v) is 6.84. The van der Waals surface area contributed by atoms with Gasteiger partial charge in [-0.1, -0.05) is 6.07 Å². The van der Waals surface area contributed by atoms with Crippen molar-refractivity contribution in [1.82, 2.24) is 14.7 Å². The molecule has 0 bridgehead atoms. The number of nitrogens with zero attached hydrogens (tertiary/aromatic N) is 3. The quantitative estimate of drug-likeness (QED) is 0.480. The second-order valence-electron chi connectivity index (χ2n) is 9.75. The molecule has 0 saturated carbocycles. The van der Waals surface area contributed by atoms with E-state index in [2.05, 4.69) is 9.47 Å². The number of likely N-dealkylation sites (tertiary alicyclic amines) is 2. The molecule has 8 nitrogen and oxygen atoms in total. The van der Waals surface area contributed by atoms with Crippen molar-refractivity contribution < 1.29 is 63.3 Å². The van der Waals surface area contributed by atoms with Crippen molar-refractivity contribution in [2.75, 3.05) is 52.5 Å². The van der Waals surface area contributed by atoms with Gasteiger partial charge in [-0.2, -0.15) is 26.3 Å². The second-order valence-corrected chi connectivity index (χ2v) is 9.75. The first-order valence-electron chi connectivity index (χ1n) is 12.1. The van der Waals surface area contributed by atoms with Crippen LogP contribution in [0.4, 0.5) is 44.3 Å². The number of carbonyl (C=O) groups is 2. The third kappa shape index (κ3) is 7.21. The van der Waals surface area contributed by atoms with Crippen LogP contribution in [-0.2, 0) is 16.0 Å². The zero-order valence-electron chi connectivity index (χ0n) is 20.6. The van der Waals surface area contributed by atoms with Gasteiger partial charge in [-0.15, -0.1) is 13.2 Å². The molecule has 0 N–H and O–H groups in total. The van der Waals surface area contributed by atoms with Crippen molar-refractivity contribution in [2.45, 2.75) is 31.4 Å². The Morgan fingerprint density at radius 2 is 1.45 bits per heavy atom. The fourth-order valence-electron chi connectivity index (χ4n) is 5.11. The Balaban J connectivity index is 1.38. The summed E-state index contributed by atoms with van der Waals surface area (Å²) >= 11 is 0. The highest BCUT2D eigenvalue weighted by Gasteiger charge is 2.60. The number of hydrogen-bond donors (Lipinski definition) is 0. The van der Waals surface area contributed by atoms with E-state index < -0.39 is 42.6 Å². The molecule has 2 amide bonds. The van der Waals surface area contributed by atoms with Gasteiger partial charge in [0.1, 0.15) is 5.75 Å². The Morgan fingerprint density at radius 1 is 0.875 bits per heavy atom. The van der Waals surface area contributed by atoms with Gasteiger partial charge in [-0.3, -0.25) is 9.69 Å². The molecule has 17 heteroatoms. The van der Waals surface area contributed by atoms with Gasteiger partial charge in [-0.05, 0) is 29.5 Å². The number of carbonyl (C=O) groups excluding carboxylic acids is 2. The predicted molar refractivity (Wildman–Crippen MR) is 116 cm³/mol. The first kappa shape index (κ1) is 30.0. The lowest BCUT2D eigenvalue weighted by atomic mass is 10.0. The van der Waals surface area contributed by atoms with E-state index in [9.17, 15) is 49.1 Å². The summed E-state index contributed by atoms with van der Waals surface area (Å²) in [5, 5.41) is 0. The first-order chi connectivity index (χ1) is 18.5. The fraction of sp³-hybridized carbons (Fsp3) is 0.652. The number of benzene rings is 1. The van der Waals surface area contributed by atoms with Gasteiger partial charge < -0.3 is 24.0 Å². The molecular weight excluding hydrogens is 569 g/mol. The van der Waals surface area contributed by atoms with Gasteiger partial charge in [0, 0.05) is 45.8 Å². The van der Waals surface area contributed by atoms with Gasteiger partial charge in [0.05, 0.1) is 18.8 Å². The number of halogens is 9. The molecule has 0 aromatic heterocycles. The average Bonchev–Trinajstić information content (AvgIpc) is 3.39. The van der Waals surface area contributed by atoms with E-state index in [1.807, 2.05) is 4.90 Å². The molecule has 3 aliphatic rings. The molecular formula is C23H24F9N3O5. The van der Waals surface area contributed by atoms with E-state index in [0.29, 0.717) is 5.56 Å². The highest BCUT2D eigenvalue weighted by molar-refractivity contribution is 5.97. The van der Waals surface area contributed by atoms with Gasteiger partial charge in [-0.25, -0.2) is 4.79 Å². The molecule has 2 unspecified atom stereocenters. The molecule has 0 spiro atoms. The Hall–Kier alpha value is -2.95. The van der Waals surface area contributed by atoms with E-state index >= 15 is 0 Å². The molecule has 3 saturated heterocycles. The smallest absolute Gasteiger partial charge is 0.426 e. The number of hydrogen-bond acceptors (Lipinski definition) is 6. The van der Waals surface area contributed by atoms with E-state index in [-0.39, 0.29) is 76.4 Å². The predicted octanol–water partition coefficient (Wildman–Crippen LogP) is 4.05. The average molecular weight is 593 g/mol. The topological polar surface area (TPSA) is 71.6 Å². The van der Waals surface area contributed by atoms with Crippen LogP contribution < -0.4 is 4.74 Å². The minimum Gasteiger partial charge on any atom is -0.426 e. The first-order valence-corrected chi connectivity index (χ1v) is 12.1. The Morgan fingerprint density at radius 3 is 1.98 bits per heavy atom. The van der Waals surface area contributed by atoms with Crippen LogP contribution in [0.2, 0.25) is 0 Å². The summed E-state index contributed by atoms with van der Waals surface area (Å²) in [6.45, 7) is 1.31. The van der Waals surface area contributed by atoms with E-state index in [1.54, 1.807) is 0 Å². The maximum atomic E-state index is 13.1. The number of ether oxygens (including phenoxy) is 3. The molecule has 4 rings (SSSR count). The number of amides is 2. The van der Waals surface area contributed by atoms with Gasteiger partial charge in [0.25, 0.3) is 12.0 Å². The van der Waals surface area contributed by atoms with Crippen LogP contribution in [-0.4, -0.2) is 104 Å². The van der Waals surface area contributed by atoms with E-state index in [1.165, 1.54) is 17.0 Å². The van der Waals surface area contributed by atoms with E-state index in [0.717, 1.165) is 11.0 Å². The summed E-state index contributed by atoms with van der Waals surface area (Å²) in [5.74, 6) is -1.90. The molecule has 40 heavy (non-hydrogen) atoms. The Labute approximate surface area is 221 Å². The lowest BCUT2D eigenvalue weighted by molar-refractivity contribution is -0.308. The van der Waals surface area contributed by atoms with Gasteiger partial charge in [0.15, 0.2) is 0 Å². The van der Waals surface area contributed by atoms with Crippen LogP contribution in [0.1, 0.15) is 15.9 Å². The standard InChI is InChI=1S/C23H24F9N3O5/c24-21(25,26)19(22(27,28)29)39-20(37)35-11-14-9-33(10-15(14)12-35)8-13-1-2-16(17(7-13)40-23(30,31)32)18(36)34-3-5-38-6-4-34/h1-2,7,14-15,19H,3-6,8-12H2. The van der Waals surface area contributed by atoms with Crippen LogP contribution in [0.15, 0.2) is 18.2 Å². The molecule has 2 atom stereocenters. The minimum absolute atomic E-state index is 0.127. The van der Waals surface area contributed by atoms with Crippen molar-refractivity contribution in [1.29, 1.82) is 0 Å². The summed E-state index contributed by atoms with van der Waals surface area (Å²) in [6, 6.07) is 3.82. The number of alkyl halides is 9. The Kier molecular flexibility index (Phi) is 8.36. The highest BCUT2D eigenvalue weighted by Crippen LogP contribution is 2.38. The number of fused-ring (bicyclic) bond motifs is 1. The molecule has 0 aliphatic carbocycles. The summed E-state index contributed by atoms with van der Waals surface area (Å²) in [5.41, 5.74) is 0.110. The van der Waals surface area contributed by atoms with Crippen LogP contribution in [0.25, 0.3) is 0 Å². The second kappa shape index (κ2) is 11.1. The van der Waals surface area contributed by atoms with Crippen molar-refractivity contribution in [3.05, 3.63) is 29.3 Å². The van der Waals surface area contributed by atoms with Crippen LogP contribution >= 0.6 is 0 Å². The van der Waals surface area contributed by atoms with Crippen molar-refractivity contribution >= 4 is 12.0 Å². The summed E-state index contributed by atoms with van der Waals surface area (Å²) in [7, 11) is 0. The van der Waals surface area contributed by atoms with Gasteiger partial charge in [0.2, 0.25) is 0 Å². The maximum absolute atomic E-state index is 13.1. The monoisotopic (exact) mass is 593 g/mol. The van der Waals surface area contributed by atoms with E-state index in [4.69, 9.17) is 4.74 Å². The molecule has 1 aromatic carbocycles. The van der Waals surface area contributed by atoms with Crippen molar-refractivity contribution in [3.63, 3.8) is 0 Å². The largest absolute Gasteiger partial charge is 0.573 e. The summed E-state index contributed by atoms with van der Waals surface area (Å²) < 4.78 is 129. The highest BCUT2D eigenvalue weighted by atomic mass is 19.4. The lowest BCUT2D eigenvalue weighted by Gasteiger charge is -2.28. The summed E-state index contributed by atoms with van der Waals surface area (Å²) in [4.78, 5) is 28.8. The number of morpholine rings is 1. The zero-order valence-corrected chi connectivity index (χ0v) is 20.6. The fourth-order valence-corrected chi connectivity index (χ4v) is 5.11. The third-order valence-electron chi connectivity index (χ3n) is 6.84. The number of rotatable bonds is 5. The Bertz CT molecular complexity index is 1060. The van der Waals surface area contributed by atoms with Crippen LogP contribution in [0.3, 0.4) is 0 Å². The van der Waals surface area contributed by atoms with Crippen LogP contribution in [0.5, 0.6) is 5.75 Å². The van der Waals surface area contributed by atoms with Crippen LogP contribution in [0, 0.1) is 11.8 Å². The maximum Gasteiger partial charge on any atom is 0.573 e. The van der Waals surface area contributed by atoms with Gasteiger partial charge >= 0.3 is 24.8 Å². The molecule has 0 radical (unpaired) electrons. The molecule has 3 heterocycles. The molecule has 3 aliphatic heterocycles. The molecule has 224 valence electrons. The normalized spacial score (nSPS) is 22.6. The molecule has 3 fully saturated rings. The minimum atomic E-state index is -5.82. The summed E-state index contributed by atoms with van der Waals surface area (Å²) in [6.07, 6.45) is -22.7. The van der Waals surface area contributed by atoms with Crippen molar-refractivity contribution in [2.24, 2.45) is 11.8 Å². The lowest BCUT2D eigenvalue weighted by Crippen LogP contribution is -2.48. The molecule has 1 aromatic rings.